The Morgan fingerprint density at radius 1 is 1.34 bits per heavy atom. The van der Waals surface area contributed by atoms with Crippen molar-refractivity contribution in [3.8, 4) is 5.69 Å². The van der Waals surface area contributed by atoms with Crippen molar-refractivity contribution < 1.29 is 54.1 Å². The molecule has 1 aliphatic rings. The first-order chi connectivity index (χ1) is 14.8. The van der Waals surface area contributed by atoms with E-state index in [1.807, 2.05) is 0 Å². The number of hydrogen-bond acceptors (Lipinski definition) is 5. The maximum absolute atomic E-state index is 13.5. The van der Waals surface area contributed by atoms with Gasteiger partial charge in [0.05, 0.1) is 29.3 Å². The number of nitrogens with zero attached hydrogens (tertiary/aromatic N) is 2. The van der Waals surface area contributed by atoms with Gasteiger partial charge in [-0.1, -0.05) is 26.3 Å². The number of aliphatic hydroxyl groups excluding tert-OH is 2. The minimum absolute atomic E-state index is 0. The van der Waals surface area contributed by atoms with Crippen LogP contribution in [0.3, 0.4) is 0 Å². The molecule has 1 heterocycles. The van der Waals surface area contributed by atoms with Crippen LogP contribution in [0.1, 0.15) is 68.8 Å². The zero-order valence-corrected chi connectivity index (χ0v) is 21.0. The van der Waals surface area contributed by atoms with Crippen LogP contribution in [0.5, 0.6) is 0 Å². The molecule has 0 saturated heterocycles. The zero-order valence-electron chi connectivity index (χ0n) is 19.0. The van der Waals surface area contributed by atoms with E-state index in [2.05, 4.69) is 13.8 Å². The van der Waals surface area contributed by atoms with E-state index in [0.717, 1.165) is 48.3 Å². The normalized spacial score (nSPS) is 18.6. The van der Waals surface area contributed by atoms with Crippen LogP contribution in [0.2, 0.25) is 0 Å². The standard InChI is InChI=1S/C24H31FN2O4.Na/c1-3-15(2)20-5-4-6-21-22(12-11-18(28)13-19(29)14-23(30)31)27(26-24(20)21)17-9-7-16(25)8-10-17;/h7-12,15,18-20,28-29H,3-6,13-14H2,1-2H3,(H,30,31);/q;+1/p-1/b12-11+;/t15?,18-,19-,20?;/m0./s1. The maximum Gasteiger partial charge on any atom is 1.00 e. The summed E-state index contributed by atoms with van der Waals surface area (Å²) in [5, 5.41) is 35.6. The Balaban J connectivity index is 0.00000363. The molecular formula is C24H30FN2NaO4. The molecule has 0 amide bonds. The van der Waals surface area contributed by atoms with Crippen LogP contribution in [-0.4, -0.2) is 38.2 Å². The van der Waals surface area contributed by atoms with Gasteiger partial charge in [0.1, 0.15) is 5.82 Å². The maximum atomic E-state index is 13.5. The fourth-order valence-electron chi connectivity index (χ4n) is 4.29. The molecule has 6 nitrogen and oxygen atoms in total. The minimum atomic E-state index is -1.36. The average molecular weight is 453 g/mol. The van der Waals surface area contributed by atoms with Crippen molar-refractivity contribution >= 4 is 12.0 Å². The number of benzene rings is 1. The first-order valence-corrected chi connectivity index (χ1v) is 10.9. The summed E-state index contributed by atoms with van der Waals surface area (Å²) in [5.74, 6) is -0.856. The van der Waals surface area contributed by atoms with Crippen LogP contribution < -0.4 is 34.7 Å². The summed E-state index contributed by atoms with van der Waals surface area (Å²) in [4.78, 5) is 10.6. The van der Waals surface area contributed by atoms with Gasteiger partial charge in [-0.25, -0.2) is 9.07 Å². The average Bonchev–Trinajstić information content (AvgIpc) is 3.10. The Hall–Kier alpha value is -1.51. The number of carbonyl (C=O) groups excluding carboxylic acids is 1. The van der Waals surface area contributed by atoms with Gasteiger partial charge in [-0.2, -0.15) is 5.10 Å². The molecule has 0 bridgehead atoms. The van der Waals surface area contributed by atoms with Crippen molar-refractivity contribution in [3.63, 3.8) is 0 Å². The molecule has 2 N–H and O–H groups in total. The summed E-state index contributed by atoms with van der Waals surface area (Å²) in [5.41, 5.74) is 3.73. The third-order valence-electron chi connectivity index (χ3n) is 6.14. The first kappa shape index (κ1) is 26.7. The van der Waals surface area contributed by atoms with E-state index in [-0.39, 0.29) is 41.8 Å². The minimum Gasteiger partial charge on any atom is -0.550 e. The molecule has 1 aromatic carbocycles. The zero-order chi connectivity index (χ0) is 22.5. The van der Waals surface area contributed by atoms with Crippen LogP contribution >= 0.6 is 0 Å². The molecule has 4 atom stereocenters. The van der Waals surface area contributed by atoms with Crippen LogP contribution in [0, 0.1) is 11.7 Å². The Labute approximate surface area is 210 Å². The topological polar surface area (TPSA) is 98.4 Å². The van der Waals surface area contributed by atoms with Crippen molar-refractivity contribution in [2.75, 3.05) is 0 Å². The van der Waals surface area contributed by atoms with E-state index < -0.39 is 24.6 Å². The smallest absolute Gasteiger partial charge is 0.550 e. The predicted molar refractivity (Wildman–Crippen MR) is 114 cm³/mol. The van der Waals surface area contributed by atoms with Crippen molar-refractivity contribution in [2.45, 2.75) is 70.5 Å². The monoisotopic (exact) mass is 452 g/mol. The molecule has 3 rings (SSSR count). The van der Waals surface area contributed by atoms with Crippen molar-refractivity contribution in [1.82, 2.24) is 9.78 Å². The molecule has 2 unspecified atom stereocenters. The Morgan fingerprint density at radius 3 is 2.66 bits per heavy atom. The fraction of sp³-hybridized carbons (Fsp3) is 0.500. The molecule has 168 valence electrons. The second kappa shape index (κ2) is 12.1. The van der Waals surface area contributed by atoms with Gasteiger partial charge in [-0.15, -0.1) is 0 Å². The number of carbonyl (C=O) groups is 1. The SMILES string of the molecule is CCC(C)C1CCCc2c1nn(-c1ccc(F)cc1)c2/C=C/[C@H](O)C[C@H](O)CC(=O)[O-].[Na+]. The van der Waals surface area contributed by atoms with Crippen LogP contribution in [0.25, 0.3) is 11.8 Å². The first-order valence-electron chi connectivity index (χ1n) is 10.9. The number of aromatic nitrogens is 2. The number of fused-ring (bicyclic) bond motifs is 1. The molecule has 32 heavy (non-hydrogen) atoms. The third kappa shape index (κ3) is 6.51. The van der Waals surface area contributed by atoms with Crippen LogP contribution in [0.4, 0.5) is 4.39 Å². The fourth-order valence-corrected chi connectivity index (χ4v) is 4.29. The van der Waals surface area contributed by atoms with Crippen LogP contribution in [0.15, 0.2) is 30.3 Å². The van der Waals surface area contributed by atoms with Gasteiger partial charge < -0.3 is 20.1 Å². The molecule has 0 saturated carbocycles. The second-order valence-corrected chi connectivity index (χ2v) is 8.41. The van der Waals surface area contributed by atoms with Gasteiger partial charge in [-0.05, 0) is 55.5 Å². The van der Waals surface area contributed by atoms with Crippen LogP contribution in [-0.2, 0) is 11.2 Å². The van der Waals surface area contributed by atoms with E-state index in [4.69, 9.17) is 5.10 Å². The molecule has 1 aliphatic carbocycles. The Kier molecular flexibility index (Phi) is 10.1. The van der Waals surface area contributed by atoms with E-state index >= 15 is 0 Å². The molecule has 0 spiro atoms. The predicted octanol–water partition coefficient (Wildman–Crippen LogP) is -0.253. The summed E-state index contributed by atoms with van der Waals surface area (Å²) in [6.07, 6.45) is 4.52. The summed E-state index contributed by atoms with van der Waals surface area (Å²) < 4.78 is 15.2. The third-order valence-corrected chi connectivity index (χ3v) is 6.14. The summed E-state index contributed by atoms with van der Waals surface area (Å²) in [7, 11) is 0. The van der Waals surface area contributed by atoms with E-state index in [0.29, 0.717) is 11.8 Å². The molecule has 0 radical (unpaired) electrons. The largest absolute Gasteiger partial charge is 1.00 e. The summed E-state index contributed by atoms with van der Waals surface area (Å²) in [6, 6.07) is 6.12. The van der Waals surface area contributed by atoms with Gasteiger partial charge in [0.15, 0.2) is 0 Å². The number of carboxylic acid groups (broad SMARTS) is 1. The molecule has 1 aromatic heterocycles. The molecule has 0 fully saturated rings. The van der Waals surface area contributed by atoms with Gasteiger partial charge in [0.25, 0.3) is 0 Å². The molecule has 0 aliphatic heterocycles. The molecule has 2 aromatic rings. The Bertz CT molecular complexity index is 929. The number of hydrogen-bond donors (Lipinski definition) is 2. The summed E-state index contributed by atoms with van der Waals surface area (Å²) >= 11 is 0. The molecule has 8 heteroatoms. The van der Waals surface area contributed by atoms with Gasteiger partial charge in [0.2, 0.25) is 0 Å². The van der Waals surface area contributed by atoms with E-state index in [9.17, 15) is 24.5 Å². The van der Waals surface area contributed by atoms with Crippen molar-refractivity contribution in [3.05, 3.63) is 53.1 Å². The van der Waals surface area contributed by atoms with E-state index in [1.165, 1.54) is 12.1 Å². The van der Waals surface area contributed by atoms with Gasteiger partial charge in [0, 0.05) is 30.3 Å². The van der Waals surface area contributed by atoms with E-state index in [1.54, 1.807) is 29.0 Å². The number of carboxylic acids is 1. The number of halogens is 1. The van der Waals surface area contributed by atoms with Gasteiger partial charge in [-0.3, -0.25) is 0 Å². The number of aliphatic carboxylic acids is 1. The number of aliphatic hydroxyl groups is 2. The van der Waals surface area contributed by atoms with Crippen molar-refractivity contribution in [1.29, 1.82) is 0 Å². The molecular weight excluding hydrogens is 422 g/mol. The Morgan fingerprint density at radius 2 is 2.03 bits per heavy atom. The quantitative estimate of drug-likeness (QED) is 0.511. The van der Waals surface area contributed by atoms with Gasteiger partial charge >= 0.3 is 29.6 Å². The second-order valence-electron chi connectivity index (χ2n) is 8.41. The number of rotatable bonds is 9. The van der Waals surface area contributed by atoms with Crippen molar-refractivity contribution in [2.24, 2.45) is 5.92 Å². The summed E-state index contributed by atoms with van der Waals surface area (Å²) in [6.45, 7) is 4.40.